The minimum atomic E-state index is -3.71. The number of rotatable bonds is 9. The predicted molar refractivity (Wildman–Crippen MR) is 105 cm³/mol. The summed E-state index contributed by atoms with van der Waals surface area (Å²) in [5, 5.41) is 6.77. The number of aromatic nitrogens is 2. The summed E-state index contributed by atoms with van der Waals surface area (Å²) >= 11 is 0. The summed E-state index contributed by atoms with van der Waals surface area (Å²) in [6.45, 7) is 7.19. The fourth-order valence-electron chi connectivity index (χ4n) is 3.19. The minimum absolute atomic E-state index is 0.00293. The van der Waals surface area contributed by atoms with Crippen LogP contribution in [0.2, 0.25) is 0 Å². The molecule has 0 saturated heterocycles. The van der Waals surface area contributed by atoms with Gasteiger partial charge in [0.1, 0.15) is 23.1 Å². The van der Waals surface area contributed by atoms with Crippen molar-refractivity contribution < 1.29 is 22.0 Å². The molecule has 160 valence electrons. The summed E-state index contributed by atoms with van der Waals surface area (Å²) in [6.07, 6.45) is 0.00293. The van der Waals surface area contributed by atoms with E-state index in [1.807, 2.05) is 0 Å². The molecule has 10 heteroatoms. The van der Waals surface area contributed by atoms with Crippen molar-refractivity contribution in [3.8, 4) is 0 Å². The lowest BCUT2D eigenvalue weighted by Crippen LogP contribution is -2.32. The number of nitrogens with zero attached hydrogens (tertiary/aromatic N) is 3. The van der Waals surface area contributed by atoms with Crippen molar-refractivity contribution in [2.24, 2.45) is 0 Å². The van der Waals surface area contributed by atoms with Gasteiger partial charge < -0.3 is 5.32 Å². The highest BCUT2D eigenvalue weighted by molar-refractivity contribution is 7.89. The summed E-state index contributed by atoms with van der Waals surface area (Å²) in [7, 11) is -3.71. The van der Waals surface area contributed by atoms with E-state index >= 15 is 0 Å². The summed E-state index contributed by atoms with van der Waals surface area (Å²) in [5.41, 5.74) is 0.590. The molecule has 1 heterocycles. The number of hydrogen-bond donors (Lipinski definition) is 1. The van der Waals surface area contributed by atoms with Gasteiger partial charge in [-0.2, -0.15) is 9.40 Å². The minimum Gasteiger partial charge on any atom is -0.354 e. The number of nitrogens with one attached hydrogen (secondary N) is 1. The molecule has 0 saturated carbocycles. The largest absolute Gasteiger partial charge is 0.354 e. The Hall–Kier alpha value is -2.33. The number of aryl methyl sites for hydroxylation is 1. The van der Waals surface area contributed by atoms with E-state index in [1.54, 1.807) is 27.7 Å². The number of sulfonamides is 1. The first-order chi connectivity index (χ1) is 13.6. The highest BCUT2D eigenvalue weighted by Gasteiger charge is 2.29. The third-order valence-electron chi connectivity index (χ3n) is 4.67. The van der Waals surface area contributed by atoms with Gasteiger partial charge in [0, 0.05) is 25.2 Å². The summed E-state index contributed by atoms with van der Waals surface area (Å²) in [5.74, 6) is -1.76. The predicted octanol–water partition coefficient (Wildman–Crippen LogP) is 2.17. The SMILES string of the molecule is CCN(CC)S(=O)(=O)c1c(C)nn(CC(=O)NCCc2c(F)cccc2F)c1C. The fraction of sp³-hybridized carbons (Fsp3) is 0.474. The van der Waals surface area contributed by atoms with Crippen molar-refractivity contribution in [2.45, 2.75) is 45.6 Å². The molecule has 1 amide bonds. The average Bonchev–Trinajstić information content (AvgIpc) is 2.92. The molecule has 2 rings (SSSR count). The van der Waals surface area contributed by atoms with Crippen LogP contribution in [-0.4, -0.2) is 48.0 Å². The third kappa shape index (κ3) is 4.99. The van der Waals surface area contributed by atoms with Crippen molar-refractivity contribution in [1.82, 2.24) is 19.4 Å². The summed E-state index contributed by atoms with van der Waals surface area (Å²) in [4.78, 5) is 12.3. The van der Waals surface area contributed by atoms with Crippen LogP contribution in [0, 0.1) is 25.5 Å². The van der Waals surface area contributed by atoms with Crippen molar-refractivity contribution in [3.05, 3.63) is 46.8 Å². The molecule has 1 aromatic carbocycles. The Kier molecular flexibility index (Phi) is 7.48. The first-order valence-electron chi connectivity index (χ1n) is 9.37. The van der Waals surface area contributed by atoms with Crippen LogP contribution in [0.15, 0.2) is 23.1 Å². The molecule has 29 heavy (non-hydrogen) atoms. The maximum Gasteiger partial charge on any atom is 0.246 e. The fourth-order valence-corrected chi connectivity index (χ4v) is 5.02. The van der Waals surface area contributed by atoms with Crippen molar-refractivity contribution in [1.29, 1.82) is 0 Å². The van der Waals surface area contributed by atoms with Crippen molar-refractivity contribution >= 4 is 15.9 Å². The molecular weight excluding hydrogens is 402 g/mol. The standard InChI is InChI=1S/C19H26F2N4O3S/c1-5-24(6-2)29(27,28)19-13(3)23-25(14(19)4)12-18(26)22-11-10-15-16(20)8-7-9-17(15)21/h7-9H,5-6,10-12H2,1-4H3,(H,22,26). The molecule has 0 aliphatic carbocycles. The summed E-state index contributed by atoms with van der Waals surface area (Å²) in [6, 6.07) is 3.60. The molecule has 0 aliphatic heterocycles. The van der Waals surface area contributed by atoms with Gasteiger partial charge in [-0.1, -0.05) is 19.9 Å². The second kappa shape index (κ2) is 9.45. The Labute approximate surface area is 169 Å². The Balaban J connectivity index is 2.08. The second-order valence-electron chi connectivity index (χ2n) is 6.55. The van der Waals surface area contributed by atoms with Crippen LogP contribution >= 0.6 is 0 Å². The molecule has 0 spiro atoms. The van der Waals surface area contributed by atoms with Crippen LogP contribution in [0.1, 0.15) is 30.8 Å². The number of halogens is 2. The molecule has 0 unspecified atom stereocenters. The Morgan fingerprint density at radius 1 is 1.17 bits per heavy atom. The molecule has 0 aliphatic rings. The zero-order chi connectivity index (χ0) is 21.8. The van der Waals surface area contributed by atoms with Crippen LogP contribution in [0.3, 0.4) is 0 Å². The van der Waals surface area contributed by atoms with Crippen LogP contribution in [-0.2, 0) is 27.8 Å². The van der Waals surface area contributed by atoms with Gasteiger partial charge in [-0.3, -0.25) is 9.48 Å². The third-order valence-corrected chi connectivity index (χ3v) is 6.97. The summed E-state index contributed by atoms with van der Waals surface area (Å²) < 4.78 is 55.6. The molecule has 0 atom stereocenters. The van der Waals surface area contributed by atoms with E-state index in [9.17, 15) is 22.0 Å². The Morgan fingerprint density at radius 3 is 2.31 bits per heavy atom. The van der Waals surface area contributed by atoms with Crippen LogP contribution < -0.4 is 5.32 Å². The van der Waals surface area contributed by atoms with Gasteiger partial charge in [0.25, 0.3) is 0 Å². The van der Waals surface area contributed by atoms with Gasteiger partial charge in [0.05, 0.1) is 11.4 Å². The van der Waals surface area contributed by atoms with Crippen LogP contribution in [0.4, 0.5) is 8.78 Å². The van der Waals surface area contributed by atoms with E-state index in [4.69, 9.17) is 0 Å². The molecule has 1 N–H and O–H groups in total. The van der Waals surface area contributed by atoms with Crippen LogP contribution in [0.25, 0.3) is 0 Å². The van der Waals surface area contributed by atoms with E-state index in [1.165, 1.54) is 15.1 Å². The van der Waals surface area contributed by atoms with Gasteiger partial charge in [-0.05, 0) is 32.4 Å². The molecule has 0 bridgehead atoms. The van der Waals surface area contributed by atoms with Gasteiger partial charge in [-0.25, -0.2) is 17.2 Å². The first-order valence-corrected chi connectivity index (χ1v) is 10.8. The van der Waals surface area contributed by atoms with Gasteiger partial charge in [0.2, 0.25) is 15.9 Å². The van der Waals surface area contributed by atoms with E-state index in [2.05, 4.69) is 10.4 Å². The lowest BCUT2D eigenvalue weighted by molar-refractivity contribution is -0.121. The first kappa shape index (κ1) is 23.0. The zero-order valence-electron chi connectivity index (χ0n) is 17.0. The van der Waals surface area contributed by atoms with Gasteiger partial charge in [0.15, 0.2) is 0 Å². The highest BCUT2D eigenvalue weighted by Crippen LogP contribution is 2.23. The number of benzene rings is 1. The maximum absolute atomic E-state index is 13.6. The normalized spacial score (nSPS) is 11.8. The zero-order valence-corrected chi connectivity index (χ0v) is 17.8. The highest BCUT2D eigenvalue weighted by atomic mass is 32.2. The van der Waals surface area contributed by atoms with E-state index in [0.717, 1.165) is 12.1 Å². The second-order valence-corrected chi connectivity index (χ2v) is 8.42. The maximum atomic E-state index is 13.6. The van der Waals surface area contributed by atoms with E-state index in [-0.39, 0.29) is 30.0 Å². The number of amides is 1. The lowest BCUT2D eigenvalue weighted by atomic mass is 10.1. The molecular formula is C19H26F2N4O3S. The smallest absolute Gasteiger partial charge is 0.246 e. The number of hydrogen-bond acceptors (Lipinski definition) is 4. The molecule has 7 nitrogen and oxygen atoms in total. The van der Waals surface area contributed by atoms with Crippen molar-refractivity contribution in [3.63, 3.8) is 0 Å². The van der Waals surface area contributed by atoms with E-state index in [0.29, 0.717) is 24.5 Å². The van der Waals surface area contributed by atoms with Gasteiger partial charge in [-0.15, -0.1) is 0 Å². The monoisotopic (exact) mass is 428 g/mol. The topological polar surface area (TPSA) is 84.3 Å². The molecule has 1 aromatic heterocycles. The molecule has 2 aromatic rings. The Morgan fingerprint density at radius 2 is 1.76 bits per heavy atom. The van der Waals surface area contributed by atoms with Crippen LogP contribution in [0.5, 0.6) is 0 Å². The number of carbonyl (C=O) groups excluding carboxylic acids is 1. The number of carbonyl (C=O) groups is 1. The lowest BCUT2D eigenvalue weighted by Gasteiger charge is -2.18. The molecule has 0 fully saturated rings. The van der Waals surface area contributed by atoms with Gasteiger partial charge >= 0.3 is 0 Å². The average molecular weight is 429 g/mol. The van der Waals surface area contributed by atoms with E-state index < -0.39 is 27.6 Å². The Bertz CT molecular complexity index is 965. The quantitative estimate of drug-likeness (QED) is 0.664. The van der Waals surface area contributed by atoms with Crippen molar-refractivity contribution in [2.75, 3.05) is 19.6 Å². The molecule has 0 radical (unpaired) electrons.